The molecule has 2 amide bonds. The molecule has 8 heteroatoms. The number of aryl methyl sites for hydroxylation is 2. The number of amides is 2. The van der Waals surface area contributed by atoms with E-state index in [0.29, 0.717) is 12.5 Å². The molecule has 0 radical (unpaired) electrons. The smallest absolute Gasteiger partial charge is 0.265 e. The minimum atomic E-state index is -0.0337. The van der Waals surface area contributed by atoms with Gasteiger partial charge in [-0.2, -0.15) is 0 Å². The molecular formula is C18H29ClN4O2S. The number of rotatable bonds is 5. The highest BCUT2D eigenvalue weighted by molar-refractivity contribution is 7.13. The van der Waals surface area contributed by atoms with E-state index in [9.17, 15) is 9.59 Å². The lowest BCUT2D eigenvalue weighted by Gasteiger charge is -2.33. The molecule has 0 saturated carbocycles. The number of thiazole rings is 1. The number of hydrogen-bond donors (Lipinski definition) is 2. The van der Waals surface area contributed by atoms with E-state index < -0.39 is 0 Å². The van der Waals surface area contributed by atoms with Gasteiger partial charge in [-0.1, -0.05) is 6.92 Å². The maximum atomic E-state index is 12.8. The highest BCUT2D eigenvalue weighted by Crippen LogP contribution is 2.24. The second-order valence-electron chi connectivity index (χ2n) is 7.03. The molecule has 3 heterocycles. The SMILES string of the molecule is CCc1nc(C)c(C(=O)N2CCCC(CNC(=O)C3CCCN3)C2)s1.Cl. The molecule has 6 nitrogen and oxygen atoms in total. The summed E-state index contributed by atoms with van der Waals surface area (Å²) in [7, 11) is 0. The van der Waals surface area contributed by atoms with E-state index in [-0.39, 0.29) is 30.3 Å². The Hall–Kier alpha value is -1.18. The van der Waals surface area contributed by atoms with Gasteiger partial charge in [0.15, 0.2) is 0 Å². The Labute approximate surface area is 165 Å². The molecule has 2 fully saturated rings. The van der Waals surface area contributed by atoms with Crippen molar-refractivity contribution >= 4 is 35.6 Å². The molecule has 2 atom stereocenters. The summed E-state index contributed by atoms with van der Waals surface area (Å²) in [5, 5.41) is 7.31. The molecule has 1 aromatic rings. The average Bonchev–Trinajstić information content (AvgIpc) is 3.29. The molecule has 2 unspecified atom stereocenters. The molecule has 0 aromatic carbocycles. The molecule has 2 aliphatic rings. The van der Waals surface area contributed by atoms with Gasteiger partial charge in [0.25, 0.3) is 5.91 Å². The van der Waals surface area contributed by atoms with Gasteiger partial charge in [0.2, 0.25) is 5.91 Å². The van der Waals surface area contributed by atoms with Crippen LogP contribution in [0.1, 0.15) is 53.0 Å². The van der Waals surface area contributed by atoms with Crippen molar-refractivity contribution in [2.75, 3.05) is 26.2 Å². The Kier molecular flexibility index (Phi) is 7.85. The van der Waals surface area contributed by atoms with Crippen LogP contribution in [0.25, 0.3) is 0 Å². The van der Waals surface area contributed by atoms with Crippen LogP contribution >= 0.6 is 23.7 Å². The molecule has 26 heavy (non-hydrogen) atoms. The first-order chi connectivity index (χ1) is 12.1. The highest BCUT2D eigenvalue weighted by Gasteiger charge is 2.28. The van der Waals surface area contributed by atoms with Gasteiger partial charge in [-0.25, -0.2) is 4.98 Å². The number of nitrogens with one attached hydrogen (secondary N) is 2. The summed E-state index contributed by atoms with van der Waals surface area (Å²) in [5.41, 5.74) is 0.842. The summed E-state index contributed by atoms with van der Waals surface area (Å²) in [6.45, 7) is 7.08. The minimum Gasteiger partial charge on any atom is -0.354 e. The molecular weight excluding hydrogens is 372 g/mol. The number of halogens is 1. The molecule has 0 aliphatic carbocycles. The van der Waals surface area contributed by atoms with Crippen molar-refractivity contribution in [3.8, 4) is 0 Å². The Morgan fingerprint density at radius 3 is 2.81 bits per heavy atom. The van der Waals surface area contributed by atoms with E-state index in [2.05, 4.69) is 22.5 Å². The van der Waals surface area contributed by atoms with Crippen molar-refractivity contribution in [3.05, 3.63) is 15.6 Å². The third-order valence-electron chi connectivity index (χ3n) is 5.09. The first kappa shape index (κ1) is 21.1. The number of piperidine rings is 1. The zero-order chi connectivity index (χ0) is 17.8. The zero-order valence-electron chi connectivity index (χ0n) is 15.5. The van der Waals surface area contributed by atoms with E-state index in [1.807, 2.05) is 11.8 Å². The summed E-state index contributed by atoms with van der Waals surface area (Å²) in [6, 6.07) is -0.0337. The van der Waals surface area contributed by atoms with Crippen molar-refractivity contribution in [2.45, 2.75) is 52.0 Å². The summed E-state index contributed by atoms with van der Waals surface area (Å²) in [6.07, 6.45) is 4.91. The predicted molar refractivity (Wildman–Crippen MR) is 106 cm³/mol. The number of carbonyl (C=O) groups excluding carboxylic acids is 2. The maximum Gasteiger partial charge on any atom is 0.265 e. The highest BCUT2D eigenvalue weighted by atomic mass is 35.5. The summed E-state index contributed by atoms with van der Waals surface area (Å²) in [5.74, 6) is 0.539. The molecule has 0 bridgehead atoms. The van der Waals surface area contributed by atoms with Crippen molar-refractivity contribution in [1.29, 1.82) is 0 Å². The normalized spacial score (nSPS) is 22.8. The summed E-state index contributed by atoms with van der Waals surface area (Å²) >= 11 is 1.52. The van der Waals surface area contributed by atoms with Gasteiger partial charge >= 0.3 is 0 Å². The number of likely N-dealkylation sites (tertiary alicyclic amines) is 1. The fourth-order valence-corrected chi connectivity index (χ4v) is 4.61. The Morgan fingerprint density at radius 1 is 1.35 bits per heavy atom. The van der Waals surface area contributed by atoms with E-state index in [0.717, 1.165) is 67.3 Å². The van der Waals surface area contributed by atoms with Crippen LogP contribution in [0.2, 0.25) is 0 Å². The predicted octanol–water partition coefficient (Wildman–Crippen LogP) is 2.16. The van der Waals surface area contributed by atoms with Gasteiger partial charge in [-0.15, -0.1) is 23.7 Å². The average molecular weight is 401 g/mol. The number of carbonyl (C=O) groups is 2. The third kappa shape index (κ3) is 4.96. The molecule has 3 rings (SSSR count). The fraction of sp³-hybridized carbons (Fsp3) is 0.722. The second kappa shape index (κ2) is 9.67. The van der Waals surface area contributed by atoms with Crippen molar-refractivity contribution in [2.24, 2.45) is 5.92 Å². The molecule has 2 saturated heterocycles. The molecule has 2 aliphatic heterocycles. The second-order valence-corrected chi connectivity index (χ2v) is 8.11. The van der Waals surface area contributed by atoms with Gasteiger partial charge in [0.1, 0.15) is 4.88 Å². The summed E-state index contributed by atoms with van der Waals surface area (Å²) in [4.78, 5) is 32.2. The monoisotopic (exact) mass is 400 g/mol. The van der Waals surface area contributed by atoms with Gasteiger partial charge in [-0.05, 0) is 51.5 Å². The van der Waals surface area contributed by atoms with Crippen LogP contribution in [-0.4, -0.2) is 53.9 Å². The molecule has 2 N–H and O–H groups in total. The van der Waals surface area contributed by atoms with E-state index in [1.54, 1.807) is 0 Å². The van der Waals surface area contributed by atoms with Crippen molar-refractivity contribution < 1.29 is 9.59 Å². The van der Waals surface area contributed by atoms with Crippen molar-refractivity contribution in [1.82, 2.24) is 20.5 Å². The van der Waals surface area contributed by atoms with Crippen LogP contribution in [0.15, 0.2) is 0 Å². The Morgan fingerprint density at radius 2 is 2.15 bits per heavy atom. The number of nitrogens with zero attached hydrogens (tertiary/aromatic N) is 2. The van der Waals surface area contributed by atoms with Crippen LogP contribution < -0.4 is 10.6 Å². The van der Waals surface area contributed by atoms with Crippen LogP contribution in [0.3, 0.4) is 0 Å². The maximum absolute atomic E-state index is 12.8. The lowest BCUT2D eigenvalue weighted by atomic mass is 9.97. The standard InChI is InChI=1S/C18H28N4O2S.ClH/c1-3-15-21-12(2)16(25-15)18(24)22-9-5-6-13(11-22)10-20-17(23)14-7-4-8-19-14;/h13-14,19H,3-11H2,1-2H3,(H,20,23);1H. The van der Waals surface area contributed by atoms with E-state index >= 15 is 0 Å². The summed E-state index contributed by atoms with van der Waals surface area (Å²) < 4.78 is 0. The van der Waals surface area contributed by atoms with Crippen LogP contribution in [0, 0.1) is 12.8 Å². The lowest BCUT2D eigenvalue weighted by molar-refractivity contribution is -0.123. The topological polar surface area (TPSA) is 74.3 Å². The lowest BCUT2D eigenvalue weighted by Crippen LogP contribution is -2.46. The Balaban J connectivity index is 0.00000243. The minimum absolute atomic E-state index is 0. The first-order valence-corrected chi connectivity index (χ1v) is 10.2. The number of hydrogen-bond acceptors (Lipinski definition) is 5. The Bertz CT molecular complexity index is 631. The van der Waals surface area contributed by atoms with E-state index in [1.165, 1.54) is 11.3 Å². The van der Waals surface area contributed by atoms with Crippen LogP contribution in [0.5, 0.6) is 0 Å². The van der Waals surface area contributed by atoms with Crippen molar-refractivity contribution in [3.63, 3.8) is 0 Å². The van der Waals surface area contributed by atoms with Crippen LogP contribution in [0.4, 0.5) is 0 Å². The number of aromatic nitrogens is 1. The molecule has 146 valence electrons. The molecule has 1 aromatic heterocycles. The third-order valence-corrected chi connectivity index (χ3v) is 6.38. The molecule has 0 spiro atoms. The van der Waals surface area contributed by atoms with E-state index in [4.69, 9.17) is 0 Å². The quantitative estimate of drug-likeness (QED) is 0.794. The van der Waals surface area contributed by atoms with Gasteiger partial charge < -0.3 is 15.5 Å². The van der Waals surface area contributed by atoms with Gasteiger partial charge in [0.05, 0.1) is 16.7 Å². The fourth-order valence-electron chi connectivity index (χ4n) is 3.64. The van der Waals surface area contributed by atoms with Gasteiger partial charge in [-0.3, -0.25) is 9.59 Å². The van der Waals surface area contributed by atoms with Gasteiger partial charge in [0, 0.05) is 19.6 Å². The van der Waals surface area contributed by atoms with Crippen LogP contribution in [-0.2, 0) is 11.2 Å². The zero-order valence-corrected chi connectivity index (χ0v) is 17.2. The largest absolute Gasteiger partial charge is 0.354 e. The first-order valence-electron chi connectivity index (χ1n) is 9.35.